The van der Waals surface area contributed by atoms with Crippen LogP contribution in [0.25, 0.3) is 0 Å². The number of allylic oxidation sites excluding steroid dienone is 1. The molecule has 3 aromatic rings. The van der Waals surface area contributed by atoms with E-state index in [2.05, 4.69) is 27.4 Å². The normalized spacial score (nSPS) is 10.5. The maximum atomic E-state index is 6.01. The van der Waals surface area contributed by atoms with Gasteiger partial charge in [-0.25, -0.2) is 4.68 Å². The predicted octanol–water partition coefficient (Wildman–Crippen LogP) is 4.36. The van der Waals surface area contributed by atoms with E-state index in [0.717, 1.165) is 16.9 Å². The molecular weight excluding hydrogens is 373 g/mol. The lowest BCUT2D eigenvalue weighted by Crippen LogP contribution is -2.08. The van der Waals surface area contributed by atoms with Crippen LogP contribution in [0.1, 0.15) is 11.1 Å². The number of anilines is 1. The average molecular weight is 390 g/mol. The number of ether oxygens (including phenoxy) is 1. The van der Waals surface area contributed by atoms with E-state index >= 15 is 0 Å². The molecule has 134 valence electrons. The van der Waals surface area contributed by atoms with E-state index in [1.165, 1.54) is 0 Å². The van der Waals surface area contributed by atoms with Crippen LogP contribution in [0.2, 0.25) is 10.0 Å². The number of halogens is 2. The molecule has 0 fully saturated rings. The van der Waals surface area contributed by atoms with Gasteiger partial charge in [-0.15, -0.1) is 6.58 Å². The predicted molar refractivity (Wildman–Crippen MR) is 103 cm³/mol. The van der Waals surface area contributed by atoms with E-state index in [9.17, 15) is 0 Å². The van der Waals surface area contributed by atoms with Crippen LogP contribution in [0.4, 0.5) is 5.95 Å². The summed E-state index contributed by atoms with van der Waals surface area (Å²) in [7, 11) is 0. The van der Waals surface area contributed by atoms with Crippen molar-refractivity contribution in [2.75, 3.05) is 5.32 Å². The van der Waals surface area contributed by atoms with Crippen LogP contribution >= 0.6 is 23.2 Å². The minimum absolute atomic E-state index is 0.421. The molecule has 26 heavy (non-hydrogen) atoms. The Bertz CT molecular complexity index is 880. The smallest absolute Gasteiger partial charge is 0.243 e. The number of tetrazole rings is 1. The van der Waals surface area contributed by atoms with Crippen molar-refractivity contribution in [3.05, 3.63) is 76.3 Å². The Labute approximate surface area is 161 Å². The van der Waals surface area contributed by atoms with E-state index in [0.29, 0.717) is 35.7 Å². The van der Waals surface area contributed by atoms with E-state index < -0.39 is 0 Å². The molecule has 0 aliphatic carbocycles. The lowest BCUT2D eigenvalue weighted by atomic mass is 10.2. The van der Waals surface area contributed by atoms with Gasteiger partial charge < -0.3 is 10.1 Å². The Hall–Kier alpha value is -2.57. The highest BCUT2D eigenvalue weighted by Crippen LogP contribution is 2.23. The molecule has 0 radical (unpaired) electrons. The topological polar surface area (TPSA) is 64.9 Å². The van der Waals surface area contributed by atoms with Crippen LogP contribution in [0.3, 0.4) is 0 Å². The Morgan fingerprint density at radius 1 is 1.08 bits per heavy atom. The zero-order valence-electron chi connectivity index (χ0n) is 13.9. The molecule has 3 rings (SSSR count). The first-order chi connectivity index (χ1) is 12.7. The van der Waals surface area contributed by atoms with Crippen molar-refractivity contribution in [3.63, 3.8) is 0 Å². The number of nitrogens with one attached hydrogen (secondary N) is 1. The third-order valence-corrected chi connectivity index (χ3v) is 4.34. The van der Waals surface area contributed by atoms with Crippen LogP contribution in [-0.4, -0.2) is 20.2 Å². The summed E-state index contributed by atoms with van der Waals surface area (Å²) in [5.74, 6) is 1.38. The van der Waals surface area contributed by atoms with Gasteiger partial charge >= 0.3 is 0 Å². The molecule has 8 heteroatoms. The van der Waals surface area contributed by atoms with Gasteiger partial charge in [0.15, 0.2) is 0 Å². The maximum absolute atomic E-state index is 6.01. The molecule has 0 saturated heterocycles. The summed E-state index contributed by atoms with van der Waals surface area (Å²) in [5, 5.41) is 15.7. The van der Waals surface area contributed by atoms with Crippen LogP contribution in [0.15, 0.2) is 55.1 Å². The number of hydrogen-bond acceptors (Lipinski definition) is 5. The van der Waals surface area contributed by atoms with Crippen LogP contribution < -0.4 is 10.1 Å². The minimum Gasteiger partial charge on any atom is -0.489 e. The van der Waals surface area contributed by atoms with Crippen molar-refractivity contribution in [3.8, 4) is 5.75 Å². The fourth-order valence-electron chi connectivity index (χ4n) is 2.26. The maximum Gasteiger partial charge on any atom is 0.243 e. The summed E-state index contributed by atoms with van der Waals surface area (Å²) in [4.78, 5) is 0. The van der Waals surface area contributed by atoms with Gasteiger partial charge in [0.2, 0.25) is 5.95 Å². The first kappa shape index (κ1) is 18.2. The van der Waals surface area contributed by atoms with Crippen molar-refractivity contribution in [1.29, 1.82) is 0 Å². The third-order valence-electron chi connectivity index (χ3n) is 3.60. The highest BCUT2D eigenvalue weighted by Gasteiger charge is 2.04. The molecule has 0 saturated carbocycles. The molecule has 2 aromatic carbocycles. The fraction of sp³-hybridized carbons (Fsp3) is 0.167. The number of aromatic nitrogens is 4. The molecule has 0 atom stereocenters. The summed E-state index contributed by atoms with van der Waals surface area (Å²) >= 11 is 11.9. The lowest BCUT2D eigenvalue weighted by molar-refractivity contribution is 0.306. The van der Waals surface area contributed by atoms with Gasteiger partial charge in [0, 0.05) is 6.54 Å². The van der Waals surface area contributed by atoms with E-state index in [1.54, 1.807) is 22.9 Å². The number of benzene rings is 2. The zero-order valence-corrected chi connectivity index (χ0v) is 15.4. The van der Waals surface area contributed by atoms with Crippen LogP contribution in [0, 0.1) is 0 Å². The zero-order chi connectivity index (χ0) is 18.4. The molecule has 0 aliphatic rings. The Morgan fingerprint density at radius 3 is 2.58 bits per heavy atom. The van der Waals surface area contributed by atoms with Crippen LogP contribution in [-0.2, 0) is 19.7 Å². The molecule has 0 spiro atoms. The number of nitrogens with zero attached hydrogens (tertiary/aromatic N) is 4. The summed E-state index contributed by atoms with van der Waals surface area (Å²) in [6.45, 7) is 5.26. The van der Waals surface area contributed by atoms with E-state index in [-0.39, 0.29) is 0 Å². The first-order valence-electron chi connectivity index (χ1n) is 7.92. The largest absolute Gasteiger partial charge is 0.489 e. The molecule has 6 nitrogen and oxygen atoms in total. The molecule has 1 N–H and O–H groups in total. The van der Waals surface area contributed by atoms with Crippen molar-refractivity contribution in [2.45, 2.75) is 19.7 Å². The Balaban J connectivity index is 1.53. The second-order valence-electron chi connectivity index (χ2n) is 5.51. The minimum atomic E-state index is 0.421. The first-order valence-corrected chi connectivity index (χ1v) is 8.68. The second-order valence-corrected chi connectivity index (χ2v) is 6.32. The van der Waals surface area contributed by atoms with E-state index in [1.807, 2.05) is 30.3 Å². The van der Waals surface area contributed by atoms with Gasteiger partial charge in [-0.05, 0) is 45.8 Å². The van der Waals surface area contributed by atoms with Gasteiger partial charge in [0.05, 0.1) is 16.6 Å². The number of hydrogen-bond donors (Lipinski definition) is 1. The van der Waals surface area contributed by atoms with Gasteiger partial charge in [-0.2, -0.15) is 0 Å². The summed E-state index contributed by atoms with van der Waals surface area (Å²) in [6, 6.07) is 13.3. The molecule has 0 bridgehead atoms. The standard InChI is InChI=1S/C18H17Cl2N5O/c1-2-9-25-18(22-23-24-25)21-11-13-3-6-15(7-4-13)26-12-14-5-8-16(19)17(20)10-14/h2-8,10H,1,9,11-12H2,(H,21,22,24). The lowest BCUT2D eigenvalue weighted by Gasteiger charge is -2.09. The van der Waals surface area contributed by atoms with Gasteiger partial charge in [0.1, 0.15) is 12.4 Å². The molecular formula is C18H17Cl2N5O. The van der Waals surface area contributed by atoms with Crippen molar-refractivity contribution >= 4 is 29.2 Å². The molecule has 0 unspecified atom stereocenters. The summed E-state index contributed by atoms with van der Waals surface area (Å²) < 4.78 is 7.41. The number of rotatable bonds is 8. The molecule has 1 aromatic heterocycles. The third kappa shape index (κ3) is 4.74. The SMILES string of the molecule is C=CCn1nnnc1NCc1ccc(OCc2ccc(Cl)c(Cl)c2)cc1. The summed E-state index contributed by atoms with van der Waals surface area (Å²) in [6.07, 6.45) is 1.74. The highest BCUT2D eigenvalue weighted by atomic mass is 35.5. The van der Waals surface area contributed by atoms with Crippen molar-refractivity contribution in [2.24, 2.45) is 0 Å². The Kier molecular flexibility index (Phi) is 6.09. The monoisotopic (exact) mass is 389 g/mol. The molecule has 0 amide bonds. The van der Waals surface area contributed by atoms with Crippen molar-refractivity contribution in [1.82, 2.24) is 20.2 Å². The molecule has 1 heterocycles. The van der Waals surface area contributed by atoms with Gasteiger partial charge in [-0.3, -0.25) is 0 Å². The van der Waals surface area contributed by atoms with Crippen molar-refractivity contribution < 1.29 is 4.74 Å². The van der Waals surface area contributed by atoms with Crippen LogP contribution in [0.5, 0.6) is 5.75 Å². The quantitative estimate of drug-likeness (QED) is 0.579. The van der Waals surface area contributed by atoms with E-state index in [4.69, 9.17) is 27.9 Å². The Morgan fingerprint density at radius 2 is 1.85 bits per heavy atom. The fourth-order valence-corrected chi connectivity index (χ4v) is 2.58. The molecule has 0 aliphatic heterocycles. The van der Waals surface area contributed by atoms with Gasteiger partial charge in [-0.1, -0.05) is 52.6 Å². The second kappa shape index (κ2) is 8.69. The van der Waals surface area contributed by atoms with Gasteiger partial charge in [0.25, 0.3) is 0 Å². The highest BCUT2D eigenvalue weighted by molar-refractivity contribution is 6.42. The summed E-state index contributed by atoms with van der Waals surface area (Å²) in [5.41, 5.74) is 2.04. The average Bonchev–Trinajstić information content (AvgIpc) is 3.09.